The highest BCUT2D eigenvalue weighted by Gasteiger charge is 2.54. The first-order valence-electron chi connectivity index (χ1n) is 13.0. The molecule has 2 heterocycles. The van der Waals surface area contributed by atoms with Crippen molar-refractivity contribution in [1.82, 2.24) is 0 Å². The molecule has 4 aliphatic carbocycles. The molecule has 7 rings (SSSR count). The predicted molar refractivity (Wildman–Crippen MR) is 125 cm³/mol. The van der Waals surface area contributed by atoms with Crippen LogP contribution in [-0.4, -0.2) is 38.6 Å². The summed E-state index contributed by atoms with van der Waals surface area (Å²) in [7, 11) is 0. The molecular formula is C28H40O4. The molecule has 4 saturated carbocycles. The van der Waals surface area contributed by atoms with E-state index in [2.05, 4.69) is 33.8 Å². The Balaban J connectivity index is 1.49. The molecule has 0 aromatic heterocycles. The van der Waals surface area contributed by atoms with E-state index >= 15 is 0 Å². The second-order valence-electron chi connectivity index (χ2n) is 12.2. The van der Waals surface area contributed by atoms with Gasteiger partial charge in [0.25, 0.3) is 0 Å². The molecule has 0 spiro atoms. The van der Waals surface area contributed by atoms with Gasteiger partial charge in [-0.15, -0.1) is 0 Å². The maximum absolute atomic E-state index is 6.69. The maximum atomic E-state index is 6.69. The van der Waals surface area contributed by atoms with Crippen molar-refractivity contribution in [3.63, 3.8) is 0 Å². The van der Waals surface area contributed by atoms with Gasteiger partial charge in [0, 0.05) is 16.5 Å². The topological polar surface area (TPSA) is 43.5 Å². The highest BCUT2D eigenvalue weighted by molar-refractivity contribution is 5.59. The molecule has 2 saturated heterocycles. The number of hydrogen-bond acceptors (Lipinski definition) is 4. The third-order valence-corrected chi connectivity index (χ3v) is 9.31. The van der Waals surface area contributed by atoms with Crippen LogP contribution in [0.5, 0.6) is 11.5 Å². The fraction of sp³-hybridized carbons (Fsp3) is 0.786. The molecular weight excluding hydrogens is 400 g/mol. The van der Waals surface area contributed by atoms with Crippen molar-refractivity contribution >= 4 is 0 Å². The molecule has 1 aromatic rings. The number of ether oxygens (including phenoxy) is 4. The Bertz CT molecular complexity index is 845. The quantitative estimate of drug-likeness (QED) is 0.462. The molecule has 2 aliphatic heterocycles. The second kappa shape index (κ2) is 7.63. The molecule has 6 aliphatic rings. The molecule has 1 aromatic carbocycles. The van der Waals surface area contributed by atoms with Crippen LogP contribution in [-0.2, 0) is 20.3 Å². The van der Waals surface area contributed by atoms with E-state index in [1.165, 1.54) is 55.2 Å². The summed E-state index contributed by atoms with van der Waals surface area (Å²) in [6.07, 6.45) is 10.0. The van der Waals surface area contributed by atoms with Gasteiger partial charge in [0.15, 0.2) is 0 Å². The van der Waals surface area contributed by atoms with Crippen LogP contribution in [0.4, 0.5) is 0 Å². The largest absolute Gasteiger partial charge is 0.490 e. The van der Waals surface area contributed by atoms with Crippen molar-refractivity contribution in [2.24, 2.45) is 17.8 Å². The van der Waals surface area contributed by atoms with Crippen LogP contribution in [0.2, 0.25) is 0 Å². The van der Waals surface area contributed by atoms with Gasteiger partial charge in [0.2, 0.25) is 0 Å². The van der Waals surface area contributed by atoms with Crippen molar-refractivity contribution in [2.75, 3.05) is 26.4 Å². The van der Waals surface area contributed by atoms with Crippen LogP contribution in [0.1, 0.15) is 82.4 Å². The molecule has 176 valence electrons. The molecule has 2 atom stereocenters. The summed E-state index contributed by atoms with van der Waals surface area (Å²) in [5.41, 5.74) is 4.53. The number of hydrogen-bond donors (Lipinski definition) is 0. The molecule has 0 amide bonds. The lowest BCUT2D eigenvalue weighted by Crippen LogP contribution is -2.49. The van der Waals surface area contributed by atoms with Crippen molar-refractivity contribution in [2.45, 2.75) is 95.7 Å². The minimum absolute atomic E-state index is 0.0781. The van der Waals surface area contributed by atoms with Crippen LogP contribution >= 0.6 is 0 Å². The standard InChI is InChI=1S/C28H40O4/c1-5-27(3,4)23-9-24(31-15-21-13-29-21)17(2)26(32-16-22-14-30-22)25(23)28-10-18-6-19(11-28)8-20(7-18)12-28/h9,18-22H,5-8,10-16H2,1-4H3. The van der Waals surface area contributed by atoms with E-state index in [1.807, 2.05) is 0 Å². The minimum Gasteiger partial charge on any atom is -0.490 e. The van der Waals surface area contributed by atoms with Gasteiger partial charge in [-0.2, -0.15) is 0 Å². The summed E-state index contributed by atoms with van der Waals surface area (Å²) in [6.45, 7) is 12.3. The highest BCUT2D eigenvalue weighted by atomic mass is 16.6. The first kappa shape index (κ1) is 21.3. The van der Waals surface area contributed by atoms with Crippen LogP contribution < -0.4 is 9.47 Å². The highest BCUT2D eigenvalue weighted by Crippen LogP contribution is 2.64. The third-order valence-electron chi connectivity index (χ3n) is 9.31. The Hall–Kier alpha value is -1.26. The van der Waals surface area contributed by atoms with Gasteiger partial charge in [-0.3, -0.25) is 0 Å². The first-order chi connectivity index (χ1) is 15.4. The van der Waals surface area contributed by atoms with Gasteiger partial charge in [0.05, 0.1) is 13.2 Å². The zero-order valence-electron chi connectivity index (χ0n) is 20.4. The van der Waals surface area contributed by atoms with E-state index in [4.69, 9.17) is 18.9 Å². The van der Waals surface area contributed by atoms with Gasteiger partial charge in [-0.1, -0.05) is 20.8 Å². The van der Waals surface area contributed by atoms with E-state index < -0.39 is 0 Å². The predicted octanol–water partition coefficient (Wildman–Crippen LogP) is 5.71. The zero-order chi connectivity index (χ0) is 22.1. The Morgan fingerprint density at radius 1 is 0.938 bits per heavy atom. The van der Waals surface area contributed by atoms with E-state index in [0.717, 1.165) is 48.9 Å². The van der Waals surface area contributed by atoms with Crippen molar-refractivity contribution in [1.29, 1.82) is 0 Å². The second-order valence-corrected chi connectivity index (χ2v) is 12.2. The SMILES string of the molecule is CCC(C)(C)c1cc(OCC2CO2)c(C)c(OCC2CO2)c1C12CC3CC(CC(C3)C1)C2. The average Bonchev–Trinajstić information content (AvgIpc) is 3.65. The van der Waals surface area contributed by atoms with Crippen LogP contribution in [0.15, 0.2) is 6.07 Å². The van der Waals surface area contributed by atoms with E-state index in [0.29, 0.717) is 13.2 Å². The van der Waals surface area contributed by atoms with Crippen LogP contribution in [0, 0.1) is 24.7 Å². The lowest BCUT2D eigenvalue weighted by atomic mass is 9.47. The monoisotopic (exact) mass is 440 g/mol. The van der Waals surface area contributed by atoms with Gasteiger partial charge in [-0.05, 0) is 86.7 Å². The fourth-order valence-electron chi connectivity index (χ4n) is 7.42. The Morgan fingerprint density at radius 3 is 1.97 bits per heavy atom. The fourth-order valence-corrected chi connectivity index (χ4v) is 7.42. The Morgan fingerprint density at radius 2 is 1.47 bits per heavy atom. The minimum atomic E-state index is 0.0781. The molecule has 6 fully saturated rings. The number of rotatable bonds is 9. The summed E-state index contributed by atoms with van der Waals surface area (Å²) in [5, 5.41) is 0. The summed E-state index contributed by atoms with van der Waals surface area (Å²) in [4.78, 5) is 0. The van der Waals surface area contributed by atoms with Gasteiger partial charge < -0.3 is 18.9 Å². The lowest BCUT2D eigenvalue weighted by Gasteiger charge is -2.58. The zero-order valence-corrected chi connectivity index (χ0v) is 20.4. The molecule has 0 N–H and O–H groups in total. The van der Waals surface area contributed by atoms with Crippen molar-refractivity contribution in [3.8, 4) is 11.5 Å². The first-order valence-corrected chi connectivity index (χ1v) is 13.0. The molecule has 4 bridgehead atoms. The summed E-state index contributed by atoms with van der Waals surface area (Å²) < 4.78 is 24.0. The van der Waals surface area contributed by atoms with Crippen LogP contribution in [0.25, 0.3) is 0 Å². The lowest BCUT2D eigenvalue weighted by molar-refractivity contribution is -0.00738. The Kier molecular flexibility index (Phi) is 5.08. The summed E-state index contributed by atoms with van der Waals surface area (Å²) in [5.74, 6) is 4.82. The van der Waals surface area contributed by atoms with E-state index in [9.17, 15) is 0 Å². The average molecular weight is 441 g/mol. The molecule has 32 heavy (non-hydrogen) atoms. The normalized spacial score (nSPS) is 36.9. The maximum Gasteiger partial charge on any atom is 0.130 e. The molecule has 4 nitrogen and oxygen atoms in total. The smallest absolute Gasteiger partial charge is 0.130 e. The van der Waals surface area contributed by atoms with Gasteiger partial charge in [0.1, 0.15) is 36.9 Å². The summed E-state index contributed by atoms with van der Waals surface area (Å²) >= 11 is 0. The van der Waals surface area contributed by atoms with E-state index in [-0.39, 0.29) is 23.0 Å². The van der Waals surface area contributed by atoms with E-state index in [1.54, 1.807) is 0 Å². The van der Waals surface area contributed by atoms with Crippen molar-refractivity contribution < 1.29 is 18.9 Å². The third kappa shape index (κ3) is 3.76. The molecule has 4 heteroatoms. The molecule has 2 unspecified atom stereocenters. The van der Waals surface area contributed by atoms with Gasteiger partial charge in [-0.25, -0.2) is 0 Å². The van der Waals surface area contributed by atoms with Gasteiger partial charge >= 0.3 is 0 Å². The summed E-state index contributed by atoms with van der Waals surface area (Å²) in [6, 6.07) is 2.38. The number of epoxide rings is 2. The van der Waals surface area contributed by atoms with Crippen LogP contribution in [0.3, 0.4) is 0 Å². The Labute approximate surface area is 193 Å². The molecule has 0 radical (unpaired) electrons. The number of benzene rings is 1. The van der Waals surface area contributed by atoms with Crippen molar-refractivity contribution in [3.05, 3.63) is 22.8 Å².